The second kappa shape index (κ2) is 4.96. The van der Waals surface area contributed by atoms with Crippen molar-refractivity contribution >= 4 is 11.7 Å². The van der Waals surface area contributed by atoms with Crippen LogP contribution in [0.2, 0.25) is 0 Å². The number of aromatic nitrogens is 1. The molecule has 4 nitrogen and oxygen atoms in total. The molecule has 0 amide bonds. The Morgan fingerprint density at radius 2 is 2.17 bits per heavy atom. The molecule has 1 saturated carbocycles. The molecule has 1 fully saturated rings. The number of carbonyl (C=O) groups is 1. The maximum atomic E-state index is 11.6. The molecule has 2 rings (SSSR count). The van der Waals surface area contributed by atoms with Gasteiger partial charge in [0.1, 0.15) is 5.54 Å². The maximum Gasteiger partial charge on any atom is 0.329 e. The minimum absolute atomic E-state index is 0.624. The zero-order chi connectivity index (χ0) is 13.2. The Balaban J connectivity index is 2.19. The highest BCUT2D eigenvalue weighted by molar-refractivity contribution is 5.83. The molecule has 0 atom stereocenters. The summed E-state index contributed by atoms with van der Waals surface area (Å²) in [5, 5.41) is 12.7. The van der Waals surface area contributed by atoms with Crippen LogP contribution in [-0.2, 0) is 4.79 Å². The summed E-state index contributed by atoms with van der Waals surface area (Å²) in [6.45, 7) is 4.09. The number of anilines is 1. The normalized spacial score (nSPS) is 27.8. The Hall–Kier alpha value is -1.58. The molecule has 1 aromatic heterocycles. The number of hydrogen-bond acceptors (Lipinski definition) is 3. The lowest BCUT2D eigenvalue weighted by Crippen LogP contribution is -2.48. The SMILES string of the molecule is Cc1cc(NC2(C(=O)O)CCC(C)CC2)ccn1. The van der Waals surface area contributed by atoms with Crippen LogP contribution in [0.5, 0.6) is 0 Å². The summed E-state index contributed by atoms with van der Waals surface area (Å²) in [6, 6.07) is 3.72. The van der Waals surface area contributed by atoms with Crippen LogP contribution in [0.3, 0.4) is 0 Å². The Bertz CT molecular complexity index is 437. The van der Waals surface area contributed by atoms with Crippen molar-refractivity contribution in [2.75, 3.05) is 5.32 Å². The number of hydrogen-bond donors (Lipinski definition) is 2. The molecule has 0 unspecified atom stereocenters. The first-order valence-corrected chi connectivity index (χ1v) is 6.46. The average Bonchev–Trinajstić information content (AvgIpc) is 2.32. The molecular weight excluding hydrogens is 228 g/mol. The Morgan fingerprint density at radius 3 is 2.72 bits per heavy atom. The van der Waals surface area contributed by atoms with E-state index in [-0.39, 0.29) is 0 Å². The van der Waals surface area contributed by atoms with Crippen LogP contribution >= 0.6 is 0 Å². The Labute approximate surface area is 107 Å². The van der Waals surface area contributed by atoms with E-state index in [1.54, 1.807) is 6.20 Å². The van der Waals surface area contributed by atoms with Gasteiger partial charge in [-0.3, -0.25) is 4.98 Å². The number of nitrogens with one attached hydrogen (secondary N) is 1. The van der Waals surface area contributed by atoms with Crippen molar-refractivity contribution in [1.29, 1.82) is 0 Å². The molecule has 0 radical (unpaired) electrons. The predicted octanol–water partition coefficient (Wildman–Crippen LogP) is 2.84. The summed E-state index contributed by atoms with van der Waals surface area (Å²) in [5.74, 6) is -0.123. The third-order valence-corrected chi connectivity index (χ3v) is 3.82. The van der Waals surface area contributed by atoms with Gasteiger partial charge >= 0.3 is 5.97 Å². The summed E-state index contributed by atoms with van der Waals surface area (Å²) in [6.07, 6.45) is 5.00. The molecular formula is C14H20N2O2. The second-order valence-corrected chi connectivity index (χ2v) is 5.38. The Kier molecular flexibility index (Phi) is 3.55. The molecule has 1 aromatic rings. The fourth-order valence-electron chi connectivity index (χ4n) is 2.55. The molecule has 1 heterocycles. The zero-order valence-corrected chi connectivity index (χ0v) is 10.9. The van der Waals surface area contributed by atoms with Crippen LogP contribution in [-0.4, -0.2) is 21.6 Å². The topological polar surface area (TPSA) is 62.2 Å². The highest BCUT2D eigenvalue weighted by atomic mass is 16.4. The van der Waals surface area contributed by atoms with Crippen molar-refractivity contribution in [1.82, 2.24) is 4.98 Å². The van der Waals surface area contributed by atoms with Gasteiger partial charge in [-0.25, -0.2) is 4.79 Å². The first-order chi connectivity index (χ1) is 8.52. The number of aryl methyl sites for hydroxylation is 1. The monoisotopic (exact) mass is 248 g/mol. The fraction of sp³-hybridized carbons (Fsp3) is 0.571. The summed E-state index contributed by atoms with van der Waals surface area (Å²) >= 11 is 0. The molecule has 0 bridgehead atoms. The Morgan fingerprint density at radius 1 is 1.50 bits per heavy atom. The largest absolute Gasteiger partial charge is 0.480 e. The number of carboxylic acids is 1. The molecule has 1 aliphatic rings. The summed E-state index contributed by atoms with van der Waals surface area (Å²) in [5.41, 5.74) is 0.935. The number of carboxylic acid groups (broad SMARTS) is 1. The van der Waals surface area contributed by atoms with Crippen LogP contribution in [0.1, 0.15) is 38.3 Å². The van der Waals surface area contributed by atoms with E-state index in [4.69, 9.17) is 0 Å². The van der Waals surface area contributed by atoms with E-state index >= 15 is 0 Å². The lowest BCUT2D eigenvalue weighted by atomic mass is 9.77. The van der Waals surface area contributed by atoms with Crippen molar-refractivity contribution in [3.05, 3.63) is 24.0 Å². The van der Waals surface area contributed by atoms with E-state index in [1.807, 2.05) is 19.1 Å². The van der Waals surface area contributed by atoms with E-state index in [0.29, 0.717) is 18.8 Å². The quantitative estimate of drug-likeness (QED) is 0.863. The molecule has 0 aromatic carbocycles. The minimum Gasteiger partial charge on any atom is -0.480 e. The standard InChI is InChI=1S/C14H20N2O2/c1-10-3-6-14(7-4-10,13(17)18)16-12-5-8-15-11(2)9-12/h5,8-10H,3-4,6-7H2,1-2H3,(H,15,16)(H,17,18). The molecule has 1 aliphatic carbocycles. The molecule has 0 saturated heterocycles. The molecule has 4 heteroatoms. The van der Waals surface area contributed by atoms with E-state index in [1.165, 1.54) is 0 Å². The smallest absolute Gasteiger partial charge is 0.329 e. The fourth-order valence-corrected chi connectivity index (χ4v) is 2.55. The van der Waals surface area contributed by atoms with Crippen molar-refractivity contribution in [2.24, 2.45) is 5.92 Å². The lowest BCUT2D eigenvalue weighted by molar-refractivity contribution is -0.143. The second-order valence-electron chi connectivity index (χ2n) is 5.38. The number of nitrogens with zero attached hydrogens (tertiary/aromatic N) is 1. The van der Waals surface area contributed by atoms with E-state index < -0.39 is 11.5 Å². The summed E-state index contributed by atoms with van der Waals surface area (Å²) < 4.78 is 0. The van der Waals surface area contributed by atoms with E-state index in [0.717, 1.165) is 24.2 Å². The van der Waals surface area contributed by atoms with Gasteiger partial charge in [-0.15, -0.1) is 0 Å². The van der Waals surface area contributed by atoms with Gasteiger partial charge in [0.25, 0.3) is 0 Å². The van der Waals surface area contributed by atoms with Crippen molar-refractivity contribution in [3.8, 4) is 0 Å². The summed E-state index contributed by atoms with van der Waals surface area (Å²) in [4.78, 5) is 15.7. The van der Waals surface area contributed by atoms with Crippen molar-refractivity contribution < 1.29 is 9.90 Å². The van der Waals surface area contributed by atoms with Crippen molar-refractivity contribution in [3.63, 3.8) is 0 Å². The predicted molar refractivity (Wildman–Crippen MR) is 70.6 cm³/mol. The highest BCUT2D eigenvalue weighted by Gasteiger charge is 2.41. The van der Waals surface area contributed by atoms with Gasteiger partial charge in [-0.05, 0) is 50.7 Å². The zero-order valence-electron chi connectivity index (χ0n) is 10.9. The number of aliphatic carboxylic acids is 1. The first kappa shape index (κ1) is 12.9. The van der Waals surface area contributed by atoms with Gasteiger partial charge in [0.15, 0.2) is 0 Å². The number of pyridine rings is 1. The molecule has 0 aliphatic heterocycles. The highest BCUT2D eigenvalue weighted by Crippen LogP contribution is 2.34. The van der Waals surface area contributed by atoms with Gasteiger partial charge in [0.2, 0.25) is 0 Å². The van der Waals surface area contributed by atoms with Crippen LogP contribution in [0.4, 0.5) is 5.69 Å². The van der Waals surface area contributed by atoms with Crippen LogP contribution < -0.4 is 5.32 Å². The van der Waals surface area contributed by atoms with Gasteiger partial charge in [0.05, 0.1) is 0 Å². The van der Waals surface area contributed by atoms with Crippen LogP contribution in [0.25, 0.3) is 0 Å². The lowest BCUT2D eigenvalue weighted by Gasteiger charge is -2.37. The van der Waals surface area contributed by atoms with E-state index in [2.05, 4.69) is 17.2 Å². The van der Waals surface area contributed by atoms with Gasteiger partial charge in [-0.1, -0.05) is 6.92 Å². The minimum atomic E-state index is -0.805. The molecule has 18 heavy (non-hydrogen) atoms. The average molecular weight is 248 g/mol. The third kappa shape index (κ3) is 2.63. The molecule has 0 spiro atoms. The maximum absolute atomic E-state index is 11.6. The van der Waals surface area contributed by atoms with Crippen molar-refractivity contribution in [2.45, 2.75) is 45.1 Å². The van der Waals surface area contributed by atoms with E-state index in [9.17, 15) is 9.90 Å². The number of rotatable bonds is 3. The first-order valence-electron chi connectivity index (χ1n) is 6.46. The summed E-state index contributed by atoms with van der Waals surface area (Å²) in [7, 11) is 0. The third-order valence-electron chi connectivity index (χ3n) is 3.82. The molecule has 98 valence electrons. The van der Waals surface area contributed by atoms with Crippen LogP contribution in [0.15, 0.2) is 18.3 Å². The molecule has 2 N–H and O–H groups in total. The van der Waals surface area contributed by atoms with Gasteiger partial charge in [-0.2, -0.15) is 0 Å². The van der Waals surface area contributed by atoms with Crippen LogP contribution in [0, 0.1) is 12.8 Å². The van der Waals surface area contributed by atoms with Gasteiger partial charge in [0, 0.05) is 17.6 Å². The van der Waals surface area contributed by atoms with Gasteiger partial charge < -0.3 is 10.4 Å².